The molecule has 7 nitrogen and oxygen atoms in total. The maximum atomic E-state index is 14.3. The summed E-state index contributed by atoms with van der Waals surface area (Å²) in [6.07, 6.45) is 3.60. The molecule has 2 aromatic carbocycles. The Labute approximate surface area is 250 Å². The van der Waals surface area contributed by atoms with Gasteiger partial charge in [-0.1, -0.05) is 26.8 Å². The molecular formula is C33H41F3N6O. The Morgan fingerprint density at radius 2 is 2.00 bits per heavy atom. The Morgan fingerprint density at radius 1 is 1.19 bits per heavy atom. The molecule has 0 radical (unpaired) electrons. The van der Waals surface area contributed by atoms with Crippen LogP contribution in [0.3, 0.4) is 0 Å². The topological polar surface area (TPSA) is 74.5 Å². The molecule has 3 aliphatic carbocycles. The summed E-state index contributed by atoms with van der Waals surface area (Å²) in [4.78, 5) is 25.5. The Hall–Kier alpha value is -3.40. The summed E-state index contributed by atoms with van der Waals surface area (Å²) < 4.78 is 42.9. The maximum absolute atomic E-state index is 14.3. The standard InChI is InChI=1S/C33H41F3N6O/c1-19-17-41(10-9-37-19)32(40-29-13-22-12-27(20(29)2)33(22,3)4)39-24-7-8-26-30(15-24)38-18-42(31(26)43)25(16-34)11-21-5-6-23(35)14-28(21)36/h5-8,14-15,18-20,22,25,27,29,37H,9-13,16-17H2,1-4H3,(H,39,40)/t19-,20-,22+,25-,27-,29-/m0/s1. The average Bonchev–Trinajstić information content (AvgIpc) is 2.97. The van der Waals surface area contributed by atoms with E-state index in [0.717, 1.165) is 49.8 Å². The number of guanidine groups is 1. The minimum absolute atomic E-state index is 0.100. The highest BCUT2D eigenvalue weighted by Gasteiger charge is 2.56. The first-order valence-electron chi connectivity index (χ1n) is 15.4. The quantitative estimate of drug-likeness (QED) is 0.289. The Kier molecular flexibility index (Phi) is 8.00. The molecule has 6 atom stereocenters. The monoisotopic (exact) mass is 594 g/mol. The van der Waals surface area contributed by atoms with Crippen LogP contribution in [0, 0.1) is 34.8 Å². The van der Waals surface area contributed by atoms with Crippen molar-refractivity contribution < 1.29 is 13.2 Å². The number of hydrogen-bond donors (Lipinski definition) is 2. The normalized spacial score (nSPS) is 27.6. The zero-order valence-electron chi connectivity index (χ0n) is 25.3. The summed E-state index contributed by atoms with van der Waals surface area (Å²) >= 11 is 0. The molecule has 0 unspecified atom stereocenters. The van der Waals surface area contributed by atoms with Crippen molar-refractivity contribution in [1.82, 2.24) is 19.8 Å². The number of alkyl halides is 1. The first-order chi connectivity index (χ1) is 20.5. The van der Waals surface area contributed by atoms with E-state index in [2.05, 4.69) is 48.2 Å². The molecule has 43 heavy (non-hydrogen) atoms. The van der Waals surface area contributed by atoms with Gasteiger partial charge < -0.3 is 15.5 Å². The lowest BCUT2D eigenvalue weighted by atomic mass is 9.45. The van der Waals surface area contributed by atoms with Crippen molar-refractivity contribution in [2.24, 2.45) is 28.2 Å². The summed E-state index contributed by atoms with van der Waals surface area (Å²) in [5.41, 5.74) is 1.35. The zero-order chi connectivity index (χ0) is 30.5. The van der Waals surface area contributed by atoms with E-state index >= 15 is 0 Å². The highest BCUT2D eigenvalue weighted by atomic mass is 19.1. The van der Waals surface area contributed by atoms with Crippen LogP contribution >= 0.6 is 0 Å². The van der Waals surface area contributed by atoms with Crippen LogP contribution in [0.15, 0.2) is 52.5 Å². The van der Waals surface area contributed by atoms with Crippen molar-refractivity contribution in [3.8, 4) is 0 Å². The van der Waals surface area contributed by atoms with Crippen molar-refractivity contribution in [3.05, 3.63) is 70.3 Å². The van der Waals surface area contributed by atoms with E-state index in [1.165, 1.54) is 23.4 Å². The number of halogens is 3. The minimum Gasteiger partial charge on any atom is -0.340 e. The molecular weight excluding hydrogens is 553 g/mol. The molecule has 1 aliphatic heterocycles. The van der Waals surface area contributed by atoms with E-state index in [0.29, 0.717) is 40.1 Å². The summed E-state index contributed by atoms with van der Waals surface area (Å²) in [5.74, 6) is 1.25. The van der Waals surface area contributed by atoms with Crippen molar-refractivity contribution in [1.29, 1.82) is 0 Å². The van der Waals surface area contributed by atoms with Crippen molar-refractivity contribution >= 4 is 22.5 Å². The predicted octanol–water partition coefficient (Wildman–Crippen LogP) is 5.56. The number of nitrogens with zero attached hydrogens (tertiary/aromatic N) is 4. The number of aromatic nitrogens is 2. The molecule has 0 amide bonds. The smallest absolute Gasteiger partial charge is 0.261 e. The van der Waals surface area contributed by atoms with Crippen LogP contribution in [-0.2, 0) is 6.42 Å². The molecule has 0 spiro atoms. The number of benzene rings is 2. The molecule has 10 heteroatoms. The number of aliphatic imine (C=N–C) groups is 1. The molecule has 1 aromatic heterocycles. The molecule has 2 N–H and O–H groups in total. The SMILES string of the molecule is C[C@@H]1[C@@H](N=C(Nc2ccc3c(=O)n([C@H](CF)Cc4ccc(F)cc4F)cnc3c2)N2CCN[C@@H](C)C2)C[C@H]2C[C@@H]1C2(C)C. The van der Waals surface area contributed by atoms with Crippen LogP contribution in [0.4, 0.5) is 18.9 Å². The maximum Gasteiger partial charge on any atom is 0.261 e. The van der Waals surface area contributed by atoms with Gasteiger partial charge in [0.1, 0.15) is 18.3 Å². The third kappa shape index (κ3) is 5.66. The van der Waals surface area contributed by atoms with Gasteiger partial charge in [0.2, 0.25) is 0 Å². The summed E-state index contributed by atoms with van der Waals surface area (Å²) in [5, 5.41) is 7.40. The predicted molar refractivity (Wildman–Crippen MR) is 164 cm³/mol. The van der Waals surface area contributed by atoms with Gasteiger partial charge in [-0.15, -0.1) is 0 Å². The minimum atomic E-state index is -0.968. The van der Waals surface area contributed by atoms with E-state index in [1.54, 1.807) is 6.07 Å². The first kappa shape index (κ1) is 29.7. The van der Waals surface area contributed by atoms with E-state index in [1.807, 2.05) is 12.1 Å². The summed E-state index contributed by atoms with van der Waals surface area (Å²) in [7, 11) is 0. The molecule has 1 saturated heterocycles. The molecule has 4 aliphatic rings. The number of fused-ring (bicyclic) bond motifs is 3. The largest absolute Gasteiger partial charge is 0.340 e. The van der Waals surface area contributed by atoms with Crippen molar-refractivity contribution in [3.63, 3.8) is 0 Å². The van der Waals surface area contributed by atoms with Crippen molar-refractivity contribution in [2.75, 3.05) is 31.6 Å². The second-order valence-electron chi connectivity index (χ2n) is 13.3. The number of nitrogens with one attached hydrogen (secondary N) is 2. The van der Waals surface area contributed by atoms with Gasteiger partial charge in [0.25, 0.3) is 5.56 Å². The van der Waals surface area contributed by atoms with Gasteiger partial charge in [0.15, 0.2) is 5.96 Å². The van der Waals surface area contributed by atoms with Gasteiger partial charge >= 0.3 is 0 Å². The van der Waals surface area contributed by atoms with Crippen LogP contribution < -0.4 is 16.2 Å². The van der Waals surface area contributed by atoms with Crippen molar-refractivity contribution in [2.45, 2.75) is 65.1 Å². The second kappa shape index (κ2) is 11.6. The number of rotatable bonds is 6. The van der Waals surface area contributed by atoms with Crippen LogP contribution in [0.2, 0.25) is 0 Å². The fourth-order valence-corrected chi connectivity index (χ4v) is 7.54. The number of anilines is 1. The lowest BCUT2D eigenvalue weighted by Gasteiger charge is -2.61. The van der Waals surface area contributed by atoms with Gasteiger partial charge in [-0.05, 0) is 79.2 Å². The van der Waals surface area contributed by atoms with E-state index in [-0.39, 0.29) is 18.0 Å². The summed E-state index contributed by atoms with van der Waals surface area (Å²) in [6, 6.07) is 8.11. The highest BCUT2D eigenvalue weighted by molar-refractivity contribution is 5.96. The van der Waals surface area contributed by atoms with E-state index < -0.39 is 29.9 Å². The molecule has 3 aromatic rings. The molecule has 4 fully saturated rings. The molecule has 2 bridgehead atoms. The van der Waals surface area contributed by atoms with Gasteiger partial charge in [-0.3, -0.25) is 9.36 Å². The number of hydrogen-bond acceptors (Lipinski definition) is 4. The lowest BCUT2D eigenvalue weighted by Crippen LogP contribution is -2.57. The number of piperazine rings is 1. The van der Waals surface area contributed by atoms with Crippen LogP contribution in [-0.4, -0.2) is 58.8 Å². The molecule has 7 rings (SSSR count). The van der Waals surface area contributed by atoms with Crippen LogP contribution in [0.5, 0.6) is 0 Å². The van der Waals surface area contributed by atoms with Gasteiger partial charge in [0, 0.05) is 37.4 Å². The van der Waals surface area contributed by atoms with Gasteiger partial charge in [-0.25, -0.2) is 23.1 Å². The molecule has 3 saturated carbocycles. The Balaban J connectivity index is 1.27. The fourth-order valence-electron chi connectivity index (χ4n) is 7.54. The van der Waals surface area contributed by atoms with Gasteiger partial charge in [-0.2, -0.15) is 0 Å². The van der Waals surface area contributed by atoms with Crippen LogP contribution in [0.1, 0.15) is 52.1 Å². The highest BCUT2D eigenvalue weighted by Crippen LogP contribution is 2.61. The molecule has 230 valence electrons. The summed E-state index contributed by atoms with van der Waals surface area (Å²) in [6.45, 7) is 11.0. The average molecular weight is 595 g/mol. The first-order valence-corrected chi connectivity index (χ1v) is 15.4. The zero-order valence-corrected chi connectivity index (χ0v) is 25.3. The van der Waals surface area contributed by atoms with E-state index in [4.69, 9.17) is 4.99 Å². The second-order valence-corrected chi connectivity index (χ2v) is 13.3. The lowest BCUT2D eigenvalue weighted by molar-refractivity contribution is -0.108. The molecule has 2 heterocycles. The Morgan fingerprint density at radius 3 is 2.70 bits per heavy atom. The third-order valence-corrected chi connectivity index (χ3v) is 10.4. The van der Waals surface area contributed by atoms with E-state index in [9.17, 15) is 18.0 Å². The van der Waals surface area contributed by atoms with Crippen LogP contribution in [0.25, 0.3) is 10.9 Å². The van der Waals surface area contributed by atoms with Gasteiger partial charge in [0.05, 0.1) is 29.3 Å². The fraction of sp³-hybridized carbons (Fsp3) is 0.545. The third-order valence-electron chi connectivity index (χ3n) is 10.4. The Bertz CT molecular complexity index is 1590.